The summed E-state index contributed by atoms with van der Waals surface area (Å²) in [7, 11) is 0. The second kappa shape index (κ2) is 6.53. The van der Waals surface area contributed by atoms with E-state index in [9.17, 15) is 4.79 Å². The number of ether oxygens (including phenoxy) is 1. The molecule has 0 spiro atoms. The third kappa shape index (κ3) is 3.45. The first-order valence-corrected chi connectivity index (χ1v) is 7.33. The molecule has 0 bridgehead atoms. The van der Waals surface area contributed by atoms with E-state index in [2.05, 4.69) is 11.8 Å². The van der Waals surface area contributed by atoms with E-state index in [0.29, 0.717) is 12.0 Å². The molecule has 1 amide bonds. The van der Waals surface area contributed by atoms with E-state index in [1.807, 2.05) is 11.8 Å². The molecule has 2 unspecified atom stereocenters. The molecule has 2 rings (SSSR count). The van der Waals surface area contributed by atoms with Crippen LogP contribution >= 0.6 is 0 Å². The lowest BCUT2D eigenvalue weighted by molar-refractivity contribution is -0.137. The zero-order valence-electron chi connectivity index (χ0n) is 11.7. The molecule has 2 fully saturated rings. The first-order valence-electron chi connectivity index (χ1n) is 7.33. The van der Waals surface area contributed by atoms with Crippen molar-refractivity contribution in [2.24, 2.45) is 5.92 Å². The highest BCUT2D eigenvalue weighted by atomic mass is 16.5. The Bertz CT molecular complexity index is 269. The Kier molecular flexibility index (Phi) is 5.01. The molecule has 0 N–H and O–H groups in total. The molecule has 0 saturated carbocycles. The second-order valence-electron chi connectivity index (χ2n) is 5.57. The molecule has 2 aliphatic rings. The lowest BCUT2D eigenvalue weighted by Crippen LogP contribution is -2.51. The van der Waals surface area contributed by atoms with Crippen LogP contribution in [0.25, 0.3) is 0 Å². The summed E-state index contributed by atoms with van der Waals surface area (Å²) in [6.07, 6.45) is 3.78. The third-order valence-corrected chi connectivity index (χ3v) is 4.20. The number of hydrogen-bond acceptors (Lipinski definition) is 3. The largest absolute Gasteiger partial charge is 0.377 e. The number of rotatable bonds is 4. The van der Waals surface area contributed by atoms with Crippen molar-refractivity contribution in [1.29, 1.82) is 0 Å². The topological polar surface area (TPSA) is 32.8 Å². The van der Waals surface area contributed by atoms with Gasteiger partial charge in [-0.2, -0.15) is 0 Å². The van der Waals surface area contributed by atoms with Gasteiger partial charge in [-0.15, -0.1) is 0 Å². The minimum Gasteiger partial charge on any atom is -0.377 e. The van der Waals surface area contributed by atoms with Crippen molar-refractivity contribution in [2.75, 3.05) is 39.3 Å². The van der Waals surface area contributed by atoms with Gasteiger partial charge >= 0.3 is 0 Å². The predicted octanol–water partition coefficient (Wildman–Crippen LogP) is 1.36. The van der Waals surface area contributed by atoms with Crippen LogP contribution in [0.1, 0.15) is 33.1 Å². The van der Waals surface area contributed by atoms with Gasteiger partial charge in [-0.3, -0.25) is 9.69 Å². The number of carbonyl (C=O) groups excluding carboxylic acids is 1. The van der Waals surface area contributed by atoms with Gasteiger partial charge in [0.1, 0.15) is 0 Å². The van der Waals surface area contributed by atoms with E-state index in [-0.39, 0.29) is 5.92 Å². The van der Waals surface area contributed by atoms with Gasteiger partial charge < -0.3 is 9.64 Å². The summed E-state index contributed by atoms with van der Waals surface area (Å²) < 4.78 is 5.66. The van der Waals surface area contributed by atoms with Gasteiger partial charge in [0.15, 0.2) is 0 Å². The van der Waals surface area contributed by atoms with Gasteiger partial charge in [0, 0.05) is 45.2 Å². The number of amides is 1. The van der Waals surface area contributed by atoms with Crippen molar-refractivity contribution >= 4 is 5.91 Å². The molecule has 2 saturated heterocycles. The van der Waals surface area contributed by atoms with E-state index in [1.54, 1.807) is 0 Å². The minimum absolute atomic E-state index is 0.176. The average Bonchev–Trinajstić information content (AvgIpc) is 2.91. The van der Waals surface area contributed by atoms with Crippen molar-refractivity contribution < 1.29 is 9.53 Å². The van der Waals surface area contributed by atoms with Crippen LogP contribution < -0.4 is 0 Å². The highest BCUT2D eigenvalue weighted by Crippen LogP contribution is 2.15. The van der Waals surface area contributed by atoms with Crippen LogP contribution in [0, 0.1) is 5.92 Å². The molecule has 2 atom stereocenters. The fourth-order valence-corrected chi connectivity index (χ4v) is 2.71. The molecule has 0 aromatic heterocycles. The molecular weight excluding hydrogens is 228 g/mol. The van der Waals surface area contributed by atoms with Gasteiger partial charge in [0.2, 0.25) is 5.91 Å². The molecule has 0 aromatic carbocycles. The zero-order chi connectivity index (χ0) is 13.0. The van der Waals surface area contributed by atoms with Crippen LogP contribution in [0.3, 0.4) is 0 Å². The van der Waals surface area contributed by atoms with Crippen LogP contribution in [0.4, 0.5) is 0 Å². The first kappa shape index (κ1) is 13.8. The molecule has 0 aromatic rings. The Balaban J connectivity index is 1.72. The fourth-order valence-electron chi connectivity index (χ4n) is 2.71. The predicted molar refractivity (Wildman–Crippen MR) is 71.4 cm³/mol. The second-order valence-corrected chi connectivity index (χ2v) is 5.57. The Hall–Kier alpha value is -0.610. The Morgan fingerprint density at radius 3 is 2.61 bits per heavy atom. The van der Waals surface area contributed by atoms with Crippen molar-refractivity contribution in [3.8, 4) is 0 Å². The van der Waals surface area contributed by atoms with Gasteiger partial charge in [-0.05, 0) is 19.3 Å². The summed E-state index contributed by atoms with van der Waals surface area (Å²) in [6, 6.07) is 0. The minimum atomic E-state index is 0.176. The van der Waals surface area contributed by atoms with E-state index < -0.39 is 0 Å². The standard InChI is InChI=1S/C14H26N2O2/c1-3-12(2)14(17)16-8-6-15(7-9-16)11-13-5-4-10-18-13/h12-13H,3-11H2,1-2H3. The van der Waals surface area contributed by atoms with Gasteiger partial charge in [0.25, 0.3) is 0 Å². The monoisotopic (exact) mass is 254 g/mol. The summed E-state index contributed by atoms with van der Waals surface area (Å²) in [5.74, 6) is 0.504. The molecular formula is C14H26N2O2. The number of carbonyl (C=O) groups is 1. The van der Waals surface area contributed by atoms with Gasteiger partial charge in [0.05, 0.1) is 6.10 Å². The number of piperazine rings is 1. The third-order valence-electron chi connectivity index (χ3n) is 4.20. The number of hydrogen-bond donors (Lipinski definition) is 0. The van der Waals surface area contributed by atoms with Crippen molar-refractivity contribution in [3.63, 3.8) is 0 Å². The molecule has 2 aliphatic heterocycles. The summed E-state index contributed by atoms with van der Waals surface area (Å²) in [5.41, 5.74) is 0. The summed E-state index contributed by atoms with van der Waals surface area (Å²) >= 11 is 0. The van der Waals surface area contributed by atoms with Crippen molar-refractivity contribution in [2.45, 2.75) is 39.2 Å². The molecule has 4 heteroatoms. The molecule has 4 nitrogen and oxygen atoms in total. The highest BCUT2D eigenvalue weighted by molar-refractivity contribution is 5.78. The summed E-state index contributed by atoms with van der Waals surface area (Å²) in [4.78, 5) is 16.5. The lowest BCUT2D eigenvalue weighted by atomic mass is 10.1. The first-order chi connectivity index (χ1) is 8.70. The normalized spacial score (nSPS) is 27.4. The van der Waals surface area contributed by atoms with E-state index >= 15 is 0 Å². The Labute approximate surface area is 110 Å². The van der Waals surface area contributed by atoms with E-state index in [4.69, 9.17) is 4.74 Å². The van der Waals surface area contributed by atoms with Crippen LogP contribution in [-0.2, 0) is 9.53 Å². The van der Waals surface area contributed by atoms with Crippen LogP contribution in [0.15, 0.2) is 0 Å². The maximum absolute atomic E-state index is 12.1. The van der Waals surface area contributed by atoms with Crippen LogP contribution in [0.2, 0.25) is 0 Å². The highest BCUT2D eigenvalue weighted by Gasteiger charge is 2.26. The fraction of sp³-hybridized carbons (Fsp3) is 0.929. The molecule has 104 valence electrons. The molecule has 18 heavy (non-hydrogen) atoms. The molecule has 0 aliphatic carbocycles. The maximum Gasteiger partial charge on any atom is 0.225 e. The molecule has 2 heterocycles. The van der Waals surface area contributed by atoms with Crippen LogP contribution in [0.5, 0.6) is 0 Å². The SMILES string of the molecule is CCC(C)C(=O)N1CCN(CC2CCCO2)CC1. The van der Waals surface area contributed by atoms with E-state index in [1.165, 1.54) is 12.8 Å². The average molecular weight is 254 g/mol. The Morgan fingerprint density at radius 2 is 2.06 bits per heavy atom. The smallest absolute Gasteiger partial charge is 0.225 e. The quantitative estimate of drug-likeness (QED) is 0.759. The Morgan fingerprint density at radius 1 is 1.33 bits per heavy atom. The van der Waals surface area contributed by atoms with E-state index in [0.717, 1.165) is 45.8 Å². The van der Waals surface area contributed by atoms with Gasteiger partial charge in [-0.1, -0.05) is 13.8 Å². The maximum atomic E-state index is 12.1. The summed E-state index contributed by atoms with van der Waals surface area (Å²) in [5, 5.41) is 0. The van der Waals surface area contributed by atoms with Crippen molar-refractivity contribution in [3.05, 3.63) is 0 Å². The lowest BCUT2D eigenvalue weighted by Gasteiger charge is -2.36. The number of nitrogens with zero attached hydrogens (tertiary/aromatic N) is 2. The van der Waals surface area contributed by atoms with Crippen molar-refractivity contribution in [1.82, 2.24) is 9.80 Å². The zero-order valence-corrected chi connectivity index (χ0v) is 11.7. The molecule has 0 radical (unpaired) electrons. The summed E-state index contributed by atoms with van der Waals surface area (Å²) in [6.45, 7) is 9.86. The van der Waals surface area contributed by atoms with Gasteiger partial charge in [-0.25, -0.2) is 0 Å². The van der Waals surface area contributed by atoms with Crippen LogP contribution in [-0.4, -0.2) is 61.1 Å².